The smallest absolute Gasteiger partial charge is 0.342 e. The number of anilines is 1. The monoisotopic (exact) mass is 420 g/mol. The molecule has 0 saturated heterocycles. The van der Waals surface area contributed by atoms with Crippen LogP contribution in [0.5, 0.6) is 0 Å². The Morgan fingerprint density at radius 1 is 1.00 bits per heavy atom. The van der Waals surface area contributed by atoms with Crippen molar-refractivity contribution >= 4 is 23.6 Å². The van der Waals surface area contributed by atoms with Crippen molar-refractivity contribution < 1.29 is 19.1 Å². The third-order valence-corrected chi connectivity index (χ3v) is 4.71. The van der Waals surface area contributed by atoms with Crippen molar-refractivity contribution in [2.75, 3.05) is 11.9 Å². The number of rotatable bonds is 5. The zero-order chi connectivity index (χ0) is 22.5. The lowest BCUT2D eigenvalue weighted by atomic mass is 10.1. The number of ether oxygens (including phenoxy) is 1. The maximum Gasteiger partial charge on any atom is 0.342 e. The van der Waals surface area contributed by atoms with Crippen LogP contribution in [0.4, 0.5) is 10.5 Å². The number of hydrogen-bond donors (Lipinski definition) is 2. The van der Waals surface area contributed by atoms with Gasteiger partial charge in [-0.25, -0.2) is 14.3 Å². The summed E-state index contributed by atoms with van der Waals surface area (Å²) in [6.07, 6.45) is 0. The van der Waals surface area contributed by atoms with Crippen LogP contribution >= 0.6 is 0 Å². The Morgan fingerprint density at radius 2 is 1.71 bits per heavy atom. The van der Waals surface area contributed by atoms with Gasteiger partial charge in [-0.15, -0.1) is 0 Å². The van der Waals surface area contributed by atoms with E-state index in [9.17, 15) is 14.4 Å². The fraction of sp³-hybridized carbons (Fsp3) is 0.217. The van der Waals surface area contributed by atoms with Gasteiger partial charge in [0.05, 0.1) is 17.1 Å². The average Bonchev–Trinajstić information content (AvgIpc) is 3.03. The molecule has 1 heterocycles. The first-order valence-electron chi connectivity index (χ1n) is 9.73. The van der Waals surface area contributed by atoms with E-state index in [1.807, 2.05) is 56.3 Å². The van der Waals surface area contributed by atoms with Gasteiger partial charge in [-0.2, -0.15) is 5.10 Å². The molecule has 0 bridgehead atoms. The number of nitrogens with one attached hydrogen (secondary N) is 2. The van der Waals surface area contributed by atoms with Gasteiger partial charge in [0.1, 0.15) is 5.56 Å². The molecule has 3 rings (SSSR count). The predicted octanol–water partition coefficient (Wildman–Crippen LogP) is 3.61. The van der Waals surface area contributed by atoms with E-state index in [1.54, 1.807) is 24.6 Å². The highest BCUT2D eigenvalue weighted by Gasteiger charge is 2.22. The number of benzene rings is 2. The molecule has 0 radical (unpaired) electrons. The van der Waals surface area contributed by atoms with Gasteiger partial charge in [-0.05, 0) is 51.5 Å². The summed E-state index contributed by atoms with van der Waals surface area (Å²) in [5.74, 6) is -1.41. The van der Waals surface area contributed by atoms with Crippen molar-refractivity contribution in [3.05, 3.63) is 76.6 Å². The lowest BCUT2D eigenvalue weighted by Gasteiger charge is -2.10. The van der Waals surface area contributed by atoms with E-state index in [1.165, 1.54) is 0 Å². The molecule has 0 saturated carbocycles. The summed E-state index contributed by atoms with van der Waals surface area (Å²) in [7, 11) is 0. The zero-order valence-electron chi connectivity index (χ0n) is 17.9. The first-order chi connectivity index (χ1) is 14.8. The van der Waals surface area contributed by atoms with Crippen LogP contribution in [0.2, 0.25) is 0 Å². The Balaban J connectivity index is 1.59. The molecule has 1 aromatic heterocycles. The minimum atomic E-state index is -0.735. The summed E-state index contributed by atoms with van der Waals surface area (Å²) in [4.78, 5) is 36.6. The van der Waals surface area contributed by atoms with Crippen molar-refractivity contribution in [3.63, 3.8) is 0 Å². The molecule has 0 aliphatic rings. The Morgan fingerprint density at radius 3 is 2.39 bits per heavy atom. The third kappa shape index (κ3) is 5.16. The van der Waals surface area contributed by atoms with Gasteiger partial charge < -0.3 is 10.1 Å². The number of carbonyl (C=O) groups is 3. The number of hydrogen-bond acceptors (Lipinski definition) is 5. The molecule has 31 heavy (non-hydrogen) atoms. The maximum atomic E-state index is 12.5. The minimum absolute atomic E-state index is 0.288. The first-order valence-corrected chi connectivity index (χ1v) is 9.73. The number of imide groups is 1. The highest BCUT2D eigenvalue weighted by Crippen LogP contribution is 2.19. The number of esters is 1. The lowest BCUT2D eigenvalue weighted by Crippen LogP contribution is -2.37. The molecule has 0 atom stereocenters. The Labute approximate surface area is 180 Å². The standard InChI is InChI=1S/C23H24N4O4/c1-14-10-11-19(15(2)12-14)24-23(30)25-20(28)13-31-22(29)21-16(3)26-27(17(21)4)18-8-6-5-7-9-18/h5-12H,13H2,1-4H3,(H2,24,25,28,30). The molecule has 160 valence electrons. The first kappa shape index (κ1) is 21.8. The van der Waals surface area contributed by atoms with Crippen LogP contribution in [0.15, 0.2) is 48.5 Å². The van der Waals surface area contributed by atoms with Crippen molar-refractivity contribution in [1.82, 2.24) is 15.1 Å². The van der Waals surface area contributed by atoms with Gasteiger partial charge in [0.15, 0.2) is 6.61 Å². The molecular formula is C23H24N4O4. The molecule has 0 aliphatic carbocycles. The number of urea groups is 1. The number of carbonyl (C=O) groups excluding carboxylic acids is 3. The molecule has 0 fully saturated rings. The zero-order valence-corrected chi connectivity index (χ0v) is 17.9. The van der Waals surface area contributed by atoms with Crippen molar-refractivity contribution in [2.45, 2.75) is 27.7 Å². The van der Waals surface area contributed by atoms with Crippen LogP contribution in [-0.4, -0.2) is 34.3 Å². The second-order valence-corrected chi connectivity index (χ2v) is 7.19. The van der Waals surface area contributed by atoms with Crippen LogP contribution in [0, 0.1) is 27.7 Å². The van der Waals surface area contributed by atoms with Crippen molar-refractivity contribution in [3.8, 4) is 5.69 Å². The summed E-state index contributed by atoms with van der Waals surface area (Å²) in [6.45, 7) is 6.66. The summed E-state index contributed by atoms with van der Waals surface area (Å²) in [5.41, 5.74) is 4.70. The van der Waals surface area contributed by atoms with Crippen molar-refractivity contribution in [2.24, 2.45) is 0 Å². The summed E-state index contributed by atoms with van der Waals surface area (Å²) < 4.78 is 6.75. The van der Waals surface area contributed by atoms with E-state index in [4.69, 9.17) is 4.74 Å². The van der Waals surface area contributed by atoms with Crippen LogP contribution in [0.3, 0.4) is 0 Å². The second kappa shape index (κ2) is 9.25. The van der Waals surface area contributed by atoms with Gasteiger partial charge in [-0.3, -0.25) is 10.1 Å². The Kier molecular flexibility index (Phi) is 6.49. The fourth-order valence-electron chi connectivity index (χ4n) is 3.23. The Hall–Kier alpha value is -3.94. The molecular weight excluding hydrogens is 396 g/mol. The molecule has 2 aromatic carbocycles. The van der Waals surface area contributed by atoms with Gasteiger partial charge >= 0.3 is 12.0 Å². The van der Waals surface area contributed by atoms with Gasteiger partial charge in [0, 0.05) is 5.69 Å². The third-order valence-electron chi connectivity index (χ3n) is 4.71. The van der Waals surface area contributed by atoms with E-state index < -0.39 is 24.5 Å². The molecule has 8 nitrogen and oxygen atoms in total. The summed E-state index contributed by atoms with van der Waals surface area (Å²) >= 11 is 0. The number of amides is 3. The second-order valence-electron chi connectivity index (χ2n) is 7.19. The molecule has 8 heteroatoms. The van der Waals surface area contributed by atoms with E-state index in [0.29, 0.717) is 17.1 Å². The summed E-state index contributed by atoms with van der Waals surface area (Å²) in [6, 6.07) is 14.2. The van der Waals surface area contributed by atoms with Crippen LogP contribution in [0.1, 0.15) is 32.9 Å². The highest BCUT2D eigenvalue weighted by molar-refractivity contribution is 6.02. The average molecular weight is 420 g/mol. The van der Waals surface area contributed by atoms with Crippen LogP contribution < -0.4 is 10.6 Å². The van der Waals surface area contributed by atoms with E-state index in [0.717, 1.165) is 16.8 Å². The summed E-state index contributed by atoms with van der Waals surface area (Å²) in [5, 5.41) is 9.14. The van der Waals surface area contributed by atoms with Gasteiger partial charge in [0.2, 0.25) is 0 Å². The van der Waals surface area contributed by atoms with Gasteiger partial charge in [0.25, 0.3) is 5.91 Å². The minimum Gasteiger partial charge on any atom is -0.452 e. The molecule has 2 N–H and O–H groups in total. The molecule has 0 unspecified atom stereocenters. The maximum absolute atomic E-state index is 12.5. The number of para-hydroxylation sites is 1. The number of aryl methyl sites for hydroxylation is 3. The van der Waals surface area contributed by atoms with E-state index >= 15 is 0 Å². The topological polar surface area (TPSA) is 102 Å². The molecule has 3 amide bonds. The molecule has 3 aromatic rings. The van der Waals surface area contributed by atoms with Gasteiger partial charge in [-0.1, -0.05) is 35.9 Å². The number of aromatic nitrogens is 2. The SMILES string of the molecule is Cc1ccc(NC(=O)NC(=O)COC(=O)c2c(C)nn(-c3ccccc3)c2C)c(C)c1. The lowest BCUT2D eigenvalue weighted by molar-refractivity contribution is -0.123. The fourth-order valence-corrected chi connectivity index (χ4v) is 3.23. The number of nitrogens with zero attached hydrogens (tertiary/aromatic N) is 2. The Bertz CT molecular complexity index is 1140. The quantitative estimate of drug-likeness (QED) is 0.614. The molecule has 0 spiro atoms. The predicted molar refractivity (Wildman–Crippen MR) is 116 cm³/mol. The normalized spacial score (nSPS) is 10.5. The van der Waals surface area contributed by atoms with E-state index in [2.05, 4.69) is 15.7 Å². The molecule has 0 aliphatic heterocycles. The largest absolute Gasteiger partial charge is 0.452 e. The highest BCUT2D eigenvalue weighted by atomic mass is 16.5. The van der Waals surface area contributed by atoms with Crippen LogP contribution in [0.25, 0.3) is 5.69 Å². The van der Waals surface area contributed by atoms with Crippen molar-refractivity contribution in [1.29, 1.82) is 0 Å². The van der Waals surface area contributed by atoms with E-state index in [-0.39, 0.29) is 5.56 Å². The van der Waals surface area contributed by atoms with Crippen LogP contribution in [-0.2, 0) is 9.53 Å².